The number of rotatable bonds is 0. The minimum absolute atomic E-state index is 0. The van der Waals surface area contributed by atoms with Crippen molar-refractivity contribution in [3.8, 4) is 0 Å². The molecule has 0 aliphatic heterocycles. The summed E-state index contributed by atoms with van der Waals surface area (Å²) < 4.78 is 0. The molecule has 10 heavy (non-hydrogen) atoms. The van der Waals surface area contributed by atoms with Gasteiger partial charge < -0.3 is 0 Å². The van der Waals surface area contributed by atoms with Crippen molar-refractivity contribution >= 4 is 18.9 Å². The van der Waals surface area contributed by atoms with E-state index in [9.17, 15) is 14.4 Å². The number of aromatic nitrogens is 3. The first-order valence-electron chi connectivity index (χ1n) is 2.11. The summed E-state index contributed by atoms with van der Waals surface area (Å²) in [5.41, 5.74) is -2.41. The van der Waals surface area contributed by atoms with Crippen molar-refractivity contribution in [2.24, 2.45) is 0 Å². The first kappa shape index (κ1) is 9.01. The zero-order valence-electron chi connectivity index (χ0n) is 5.22. The minimum Gasteiger partial charge on any atom is -0.259 e. The van der Waals surface area contributed by atoms with Gasteiger partial charge in [0.05, 0.1) is 0 Å². The largest absolute Gasteiger partial charge is 0.330 e. The van der Waals surface area contributed by atoms with E-state index in [1.165, 1.54) is 0 Å². The van der Waals surface area contributed by atoms with E-state index in [0.29, 0.717) is 0 Å². The van der Waals surface area contributed by atoms with Gasteiger partial charge in [0.1, 0.15) is 0 Å². The van der Waals surface area contributed by atoms with Crippen LogP contribution in [0.4, 0.5) is 0 Å². The third-order valence-electron chi connectivity index (χ3n) is 0.681. The molecule has 1 rings (SSSR count). The van der Waals surface area contributed by atoms with Gasteiger partial charge in [0.15, 0.2) is 0 Å². The number of hydrogen-bond donors (Lipinski definition) is 3. The van der Waals surface area contributed by atoms with Crippen LogP contribution in [-0.2, 0) is 0 Å². The molecular formula is C3H3LiN3O3. The smallest absolute Gasteiger partial charge is 0.259 e. The van der Waals surface area contributed by atoms with Crippen LogP contribution in [0.2, 0.25) is 0 Å². The zero-order valence-corrected chi connectivity index (χ0v) is 5.22. The van der Waals surface area contributed by atoms with Crippen molar-refractivity contribution in [3.05, 3.63) is 31.5 Å². The quantitative estimate of drug-likeness (QED) is 0.340. The molecule has 0 aliphatic carbocycles. The van der Waals surface area contributed by atoms with Crippen LogP contribution < -0.4 is 17.1 Å². The fourth-order valence-electron chi connectivity index (χ4n) is 0.403. The first-order valence-corrected chi connectivity index (χ1v) is 2.11. The summed E-state index contributed by atoms with van der Waals surface area (Å²) >= 11 is 0. The van der Waals surface area contributed by atoms with Crippen LogP contribution in [0.25, 0.3) is 0 Å². The molecular weight excluding hydrogens is 133 g/mol. The van der Waals surface area contributed by atoms with Crippen LogP contribution in [0.1, 0.15) is 0 Å². The van der Waals surface area contributed by atoms with E-state index < -0.39 is 17.1 Å². The maximum Gasteiger partial charge on any atom is 0.330 e. The molecule has 6 nitrogen and oxygen atoms in total. The molecule has 0 amide bonds. The van der Waals surface area contributed by atoms with E-state index in [1.54, 1.807) is 15.0 Å². The zero-order chi connectivity index (χ0) is 6.85. The topological polar surface area (TPSA) is 98.6 Å². The number of nitrogens with one attached hydrogen (secondary N) is 3. The van der Waals surface area contributed by atoms with Crippen LogP contribution >= 0.6 is 0 Å². The molecule has 0 bridgehead atoms. The molecule has 3 N–H and O–H groups in total. The predicted octanol–water partition coefficient (Wildman–Crippen LogP) is -2.63. The molecule has 0 fully saturated rings. The van der Waals surface area contributed by atoms with Gasteiger partial charge in [-0.2, -0.15) is 0 Å². The van der Waals surface area contributed by atoms with E-state index in [-0.39, 0.29) is 18.9 Å². The summed E-state index contributed by atoms with van der Waals surface area (Å²) in [6, 6.07) is 0. The normalized spacial score (nSPS) is 8.40. The second kappa shape index (κ2) is 3.25. The van der Waals surface area contributed by atoms with Gasteiger partial charge in [-0.25, -0.2) is 14.4 Å². The van der Waals surface area contributed by atoms with Gasteiger partial charge in [0.25, 0.3) is 0 Å². The van der Waals surface area contributed by atoms with Crippen molar-refractivity contribution in [1.82, 2.24) is 15.0 Å². The average Bonchev–Trinajstić information content (AvgIpc) is 1.59. The van der Waals surface area contributed by atoms with Crippen molar-refractivity contribution in [2.45, 2.75) is 0 Å². The van der Waals surface area contributed by atoms with Crippen molar-refractivity contribution in [2.75, 3.05) is 0 Å². The molecule has 7 heteroatoms. The maximum atomic E-state index is 10.2. The first-order chi connectivity index (χ1) is 4.18. The average molecular weight is 136 g/mol. The molecule has 1 heterocycles. The molecule has 1 radical (unpaired) electrons. The predicted molar refractivity (Wildman–Crippen MR) is 34.1 cm³/mol. The summed E-state index contributed by atoms with van der Waals surface area (Å²) in [5.74, 6) is 0. The second-order valence-electron chi connectivity index (χ2n) is 1.36. The van der Waals surface area contributed by atoms with E-state index in [4.69, 9.17) is 0 Å². The van der Waals surface area contributed by atoms with E-state index in [0.717, 1.165) is 0 Å². The van der Waals surface area contributed by atoms with Crippen LogP contribution in [-0.4, -0.2) is 33.8 Å². The number of aromatic amines is 3. The van der Waals surface area contributed by atoms with Crippen LogP contribution in [0, 0.1) is 0 Å². The van der Waals surface area contributed by atoms with Gasteiger partial charge in [0, 0.05) is 18.9 Å². The van der Waals surface area contributed by atoms with Gasteiger partial charge in [-0.15, -0.1) is 0 Å². The Hall–Kier alpha value is -0.993. The molecule has 0 unspecified atom stereocenters. The molecule has 0 saturated carbocycles. The van der Waals surface area contributed by atoms with Crippen LogP contribution in [0.3, 0.4) is 0 Å². The van der Waals surface area contributed by atoms with Crippen molar-refractivity contribution < 1.29 is 0 Å². The monoisotopic (exact) mass is 136 g/mol. The summed E-state index contributed by atoms with van der Waals surface area (Å²) in [6.07, 6.45) is 0. The minimum atomic E-state index is -0.802. The summed E-state index contributed by atoms with van der Waals surface area (Å²) in [7, 11) is 0. The van der Waals surface area contributed by atoms with Gasteiger partial charge in [-0.3, -0.25) is 15.0 Å². The molecule has 0 aliphatic rings. The Kier molecular flexibility index (Phi) is 2.92. The fraction of sp³-hybridized carbons (Fsp3) is 0. The summed E-state index contributed by atoms with van der Waals surface area (Å²) in [6.45, 7) is 0. The second-order valence-corrected chi connectivity index (χ2v) is 1.36. The standard InChI is InChI=1S/C3H3N3O3.Li/c7-1-4-2(8)6-3(9)5-1;/h(H3,4,5,6,7,8,9);. The van der Waals surface area contributed by atoms with Gasteiger partial charge in [-0.05, 0) is 0 Å². The number of hydrogen-bond acceptors (Lipinski definition) is 3. The SMILES string of the molecule is O=c1[nH]c(=O)[nH]c(=O)[nH]1.[Li]. The Morgan fingerprint density at radius 2 is 0.900 bits per heavy atom. The van der Waals surface area contributed by atoms with E-state index in [1.807, 2.05) is 0 Å². The van der Waals surface area contributed by atoms with E-state index in [2.05, 4.69) is 0 Å². The van der Waals surface area contributed by atoms with Gasteiger partial charge >= 0.3 is 17.1 Å². The van der Waals surface area contributed by atoms with Crippen molar-refractivity contribution in [1.29, 1.82) is 0 Å². The van der Waals surface area contributed by atoms with Crippen LogP contribution in [0.5, 0.6) is 0 Å². The molecule has 49 valence electrons. The Bertz CT molecular complexity index is 281. The molecule has 1 aromatic heterocycles. The third-order valence-corrected chi connectivity index (χ3v) is 0.681. The number of H-pyrrole nitrogens is 3. The van der Waals surface area contributed by atoms with Gasteiger partial charge in [0.2, 0.25) is 0 Å². The molecule has 0 aromatic carbocycles. The molecule has 0 atom stereocenters. The fourth-order valence-corrected chi connectivity index (χ4v) is 0.403. The summed E-state index contributed by atoms with van der Waals surface area (Å²) in [4.78, 5) is 35.9. The Morgan fingerprint density at radius 1 is 0.700 bits per heavy atom. The van der Waals surface area contributed by atoms with E-state index >= 15 is 0 Å². The maximum absolute atomic E-state index is 10.2. The summed E-state index contributed by atoms with van der Waals surface area (Å²) in [5, 5.41) is 0. The van der Waals surface area contributed by atoms with Crippen LogP contribution in [0.15, 0.2) is 14.4 Å². The molecule has 0 saturated heterocycles. The Morgan fingerprint density at radius 3 is 1.10 bits per heavy atom. The third kappa shape index (κ3) is 2.09. The van der Waals surface area contributed by atoms with Gasteiger partial charge in [-0.1, -0.05) is 0 Å². The van der Waals surface area contributed by atoms with Crippen molar-refractivity contribution in [3.63, 3.8) is 0 Å². The Balaban J connectivity index is 0.000000810. The Labute approximate surface area is 65.9 Å². The molecule has 1 aromatic rings. The molecule has 0 spiro atoms.